The Morgan fingerprint density at radius 1 is 1.25 bits per heavy atom. The Kier molecular flexibility index (Phi) is 5.44. The summed E-state index contributed by atoms with van der Waals surface area (Å²) in [6.07, 6.45) is 9.36. The number of likely N-dealkylation sites (N-methyl/N-ethyl adjacent to an activating group) is 1. The average molecular weight is 282 g/mol. The summed E-state index contributed by atoms with van der Waals surface area (Å²) < 4.78 is 0. The molecule has 1 aliphatic carbocycles. The minimum atomic E-state index is -1.16. The van der Waals surface area contributed by atoms with E-state index in [1.54, 1.807) is 0 Å². The Hall–Kier alpha value is -0.610. The van der Waals surface area contributed by atoms with Crippen LogP contribution in [0, 0.1) is 5.92 Å². The van der Waals surface area contributed by atoms with E-state index in [2.05, 4.69) is 0 Å². The molecule has 0 aromatic carbocycles. The van der Waals surface area contributed by atoms with E-state index in [0.29, 0.717) is 13.0 Å². The van der Waals surface area contributed by atoms with E-state index >= 15 is 0 Å². The molecule has 0 radical (unpaired) electrons. The number of amides is 1. The molecule has 0 aromatic heterocycles. The topological polar surface area (TPSA) is 43.8 Å². The number of hydrogen-bond donors (Lipinski definition) is 1. The second kappa shape index (κ2) is 6.90. The Bertz CT molecular complexity index is 326. The zero-order valence-electron chi connectivity index (χ0n) is 13.1. The number of aliphatic hydroxyl groups is 1. The summed E-state index contributed by atoms with van der Waals surface area (Å²) in [6.45, 7) is 2.09. The van der Waals surface area contributed by atoms with Crippen LogP contribution in [0.25, 0.3) is 0 Å². The van der Waals surface area contributed by atoms with Crippen molar-refractivity contribution in [2.24, 2.45) is 5.92 Å². The number of likely N-dealkylation sites (tertiary alicyclic amines) is 1. The highest BCUT2D eigenvalue weighted by Gasteiger charge is 2.42. The molecule has 1 unspecified atom stereocenters. The van der Waals surface area contributed by atoms with E-state index in [9.17, 15) is 9.90 Å². The zero-order chi connectivity index (χ0) is 14.6. The minimum Gasteiger partial charge on any atom is -0.379 e. The summed E-state index contributed by atoms with van der Waals surface area (Å²) in [5.41, 5.74) is -1.16. The van der Waals surface area contributed by atoms with Gasteiger partial charge >= 0.3 is 0 Å². The first kappa shape index (κ1) is 15.8. The van der Waals surface area contributed by atoms with Crippen molar-refractivity contribution in [2.75, 3.05) is 33.7 Å². The van der Waals surface area contributed by atoms with Gasteiger partial charge in [0.25, 0.3) is 5.91 Å². The lowest BCUT2D eigenvalue weighted by Crippen LogP contribution is -2.58. The molecular weight excluding hydrogens is 252 g/mol. The second-order valence-corrected chi connectivity index (χ2v) is 6.96. The number of piperidine rings is 1. The fourth-order valence-electron chi connectivity index (χ4n) is 3.76. The van der Waals surface area contributed by atoms with Crippen LogP contribution >= 0.6 is 0 Å². The van der Waals surface area contributed by atoms with Crippen molar-refractivity contribution >= 4 is 5.91 Å². The number of carbonyl (C=O) groups is 1. The van der Waals surface area contributed by atoms with Crippen molar-refractivity contribution in [3.8, 4) is 0 Å². The lowest BCUT2D eigenvalue weighted by Gasteiger charge is -2.40. The van der Waals surface area contributed by atoms with Gasteiger partial charge in [-0.05, 0) is 39.3 Å². The molecule has 0 spiro atoms. The normalized spacial score (nSPS) is 29.2. The third kappa shape index (κ3) is 3.95. The van der Waals surface area contributed by atoms with Crippen molar-refractivity contribution in [3.63, 3.8) is 0 Å². The van der Waals surface area contributed by atoms with Gasteiger partial charge in [0.1, 0.15) is 0 Å². The molecular formula is C16H30N2O2. The maximum absolute atomic E-state index is 12.5. The van der Waals surface area contributed by atoms with E-state index in [4.69, 9.17) is 0 Å². The first-order valence-corrected chi connectivity index (χ1v) is 8.18. The Morgan fingerprint density at radius 3 is 2.60 bits per heavy atom. The van der Waals surface area contributed by atoms with Crippen LogP contribution in [-0.4, -0.2) is 60.1 Å². The summed E-state index contributed by atoms with van der Waals surface area (Å²) in [5.74, 6) is 0.744. The van der Waals surface area contributed by atoms with Gasteiger partial charge < -0.3 is 14.9 Å². The van der Waals surface area contributed by atoms with Crippen molar-refractivity contribution in [3.05, 3.63) is 0 Å². The minimum absolute atomic E-state index is 0.0479. The molecule has 1 saturated carbocycles. The molecule has 1 aliphatic heterocycles. The summed E-state index contributed by atoms with van der Waals surface area (Å²) >= 11 is 0. The molecule has 1 N–H and O–H groups in total. The molecule has 1 heterocycles. The van der Waals surface area contributed by atoms with Gasteiger partial charge in [-0.1, -0.05) is 32.1 Å². The predicted molar refractivity (Wildman–Crippen MR) is 80.5 cm³/mol. The van der Waals surface area contributed by atoms with Gasteiger partial charge in [0.05, 0.1) is 0 Å². The number of nitrogens with zero attached hydrogens (tertiary/aromatic N) is 2. The molecule has 2 aliphatic rings. The van der Waals surface area contributed by atoms with Crippen molar-refractivity contribution in [1.82, 2.24) is 9.80 Å². The van der Waals surface area contributed by atoms with Crippen LogP contribution in [0.1, 0.15) is 51.4 Å². The zero-order valence-corrected chi connectivity index (χ0v) is 13.1. The third-order valence-electron chi connectivity index (χ3n) is 4.81. The smallest absolute Gasteiger partial charge is 0.255 e. The summed E-state index contributed by atoms with van der Waals surface area (Å²) in [6, 6.07) is 0. The fourth-order valence-corrected chi connectivity index (χ4v) is 3.76. The molecule has 2 rings (SSSR count). The highest BCUT2D eigenvalue weighted by Crippen LogP contribution is 2.28. The van der Waals surface area contributed by atoms with Crippen LogP contribution in [0.4, 0.5) is 0 Å². The highest BCUT2D eigenvalue weighted by atomic mass is 16.3. The Balaban J connectivity index is 1.86. The van der Waals surface area contributed by atoms with Gasteiger partial charge in [-0.25, -0.2) is 0 Å². The van der Waals surface area contributed by atoms with E-state index in [-0.39, 0.29) is 5.91 Å². The Morgan fingerprint density at radius 2 is 1.95 bits per heavy atom. The predicted octanol–water partition coefficient (Wildman–Crippen LogP) is 1.87. The molecule has 4 nitrogen and oxygen atoms in total. The monoisotopic (exact) mass is 282 g/mol. The van der Waals surface area contributed by atoms with Crippen LogP contribution in [0.5, 0.6) is 0 Å². The van der Waals surface area contributed by atoms with E-state index < -0.39 is 5.60 Å². The van der Waals surface area contributed by atoms with Gasteiger partial charge in [0, 0.05) is 19.6 Å². The summed E-state index contributed by atoms with van der Waals surface area (Å²) in [5, 5.41) is 10.6. The third-order valence-corrected chi connectivity index (χ3v) is 4.81. The van der Waals surface area contributed by atoms with Gasteiger partial charge in [-0.15, -0.1) is 0 Å². The SMILES string of the molecule is CN(C)CC1(O)CCCN(CCC2CCCCC2)C1=O. The van der Waals surface area contributed by atoms with Crippen LogP contribution in [0.15, 0.2) is 0 Å². The van der Waals surface area contributed by atoms with Crippen molar-refractivity contribution in [2.45, 2.75) is 57.0 Å². The Labute approximate surface area is 123 Å². The highest BCUT2D eigenvalue weighted by molar-refractivity contribution is 5.86. The van der Waals surface area contributed by atoms with Gasteiger partial charge in [0.15, 0.2) is 5.60 Å². The molecule has 1 saturated heterocycles. The lowest BCUT2D eigenvalue weighted by molar-refractivity contribution is -0.159. The molecule has 4 heteroatoms. The van der Waals surface area contributed by atoms with Crippen LogP contribution in [0.2, 0.25) is 0 Å². The van der Waals surface area contributed by atoms with Crippen LogP contribution in [-0.2, 0) is 4.79 Å². The lowest BCUT2D eigenvalue weighted by atomic mass is 9.86. The standard InChI is InChI=1S/C16H30N2O2/c1-17(2)13-16(20)10-6-11-18(15(16)19)12-9-14-7-4-3-5-8-14/h14,20H,3-13H2,1-2H3. The van der Waals surface area contributed by atoms with Gasteiger partial charge in [-0.2, -0.15) is 0 Å². The number of hydrogen-bond acceptors (Lipinski definition) is 3. The quantitative estimate of drug-likeness (QED) is 0.837. The summed E-state index contributed by atoms with van der Waals surface area (Å²) in [7, 11) is 3.82. The van der Waals surface area contributed by atoms with Gasteiger partial charge in [-0.3, -0.25) is 4.79 Å². The van der Waals surface area contributed by atoms with E-state index in [0.717, 1.165) is 31.8 Å². The number of carbonyl (C=O) groups excluding carboxylic acids is 1. The molecule has 0 bridgehead atoms. The molecule has 0 aromatic rings. The molecule has 1 amide bonds. The van der Waals surface area contributed by atoms with Crippen LogP contribution in [0.3, 0.4) is 0 Å². The molecule has 116 valence electrons. The average Bonchev–Trinajstić information content (AvgIpc) is 2.41. The molecule has 20 heavy (non-hydrogen) atoms. The molecule has 1 atom stereocenters. The van der Waals surface area contributed by atoms with Crippen molar-refractivity contribution in [1.29, 1.82) is 0 Å². The molecule has 2 fully saturated rings. The first-order chi connectivity index (χ1) is 9.51. The fraction of sp³-hybridized carbons (Fsp3) is 0.938. The van der Waals surface area contributed by atoms with Gasteiger partial charge in [0.2, 0.25) is 0 Å². The second-order valence-electron chi connectivity index (χ2n) is 6.96. The van der Waals surface area contributed by atoms with Crippen LogP contribution < -0.4 is 0 Å². The first-order valence-electron chi connectivity index (χ1n) is 8.18. The summed E-state index contributed by atoms with van der Waals surface area (Å²) in [4.78, 5) is 16.3. The largest absolute Gasteiger partial charge is 0.379 e. The van der Waals surface area contributed by atoms with Crippen molar-refractivity contribution < 1.29 is 9.90 Å². The number of rotatable bonds is 5. The maximum Gasteiger partial charge on any atom is 0.255 e. The van der Waals surface area contributed by atoms with E-state index in [1.807, 2.05) is 23.9 Å². The maximum atomic E-state index is 12.5. The van der Waals surface area contributed by atoms with E-state index in [1.165, 1.54) is 32.1 Å².